The van der Waals surface area contributed by atoms with Crippen LogP contribution in [0.25, 0.3) is 0 Å². The molecule has 1 aliphatic heterocycles. The predicted molar refractivity (Wildman–Crippen MR) is 168 cm³/mol. The Balaban J connectivity index is 2.73. The minimum atomic E-state index is -1.43. The maximum absolute atomic E-state index is 13.3. The van der Waals surface area contributed by atoms with Crippen LogP contribution in [0, 0.1) is 31.8 Å². The summed E-state index contributed by atoms with van der Waals surface area (Å²) in [7, 11) is 0. The van der Waals surface area contributed by atoms with E-state index in [9.17, 15) is 29.3 Å². The number of benzene rings is 1. The Morgan fingerprint density at radius 2 is 1.13 bits per heavy atom. The van der Waals surface area contributed by atoms with Crippen LogP contribution in [-0.4, -0.2) is 72.3 Å². The Bertz CT molecular complexity index is 1310. The number of rotatable bonds is 8. The van der Waals surface area contributed by atoms with Crippen LogP contribution in [0.5, 0.6) is 0 Å². The molecule has 0 N–H and O–H groups in total. The lowest BCUT2D eigenvalue weighted by Crippen LogP contribution is -2.63. The number of ether oxygens (including phenoxy) is 5. The van der Waals surface area contributed by atoms with Crippen molar-refractivity contribution in [3.8, 4) is 0 Å². The molecule has 0 aliphatic carbocycles. The van der Waals surface area contributed by atoms with E-state index in [0.717, 1.165) is 0 Å². The van der Waals surface area contributed by atoms with Gasteiger partial charge in [-0.25, -0.2) is 0 Å². The summed E-state index contributed by atoms with van der Waals surface area (Å²) >= 11 is 0. The van der Waals surface area contributed by atoms with E-state index in [-0.39, 0.29) is 5.69 Å². The van der Waals surface area contributed by atoms with Crippen molar-refractivity contribution in [2.24, 2.45) is 26.7 Å². The Hall–Kier alpha value is -3.87. The van der Waals surface area contributed by atoms with Gasteiger partial charge in [0.15, 0.2) is 24.5 Å². The van der Waals surface area contributed by atoms with Gasteiger partial charge in [-0.1, -0.05) is 0 Å². The molecule has 256 valence electrons. The number of nitro benzene ring substituents is 1. The summed E-state index contributed by atoms with van der Waals surface area (Å²) in [4.78, 5) is 67.7. The topological polar surface area (TPSA) is 170 Å². The summed E-state index contributed by atoms with van der Waals surface area (Å²) < 4.78 is 29.6. The lowest BCUT2D eigenvalue weighted by molar-refractivity contribution is -0.384. The second kappa shape index (κ2) is 14.3. The number of non-ortho nitro benzene ring substituents is 1. The fourth-order valence-electron chi connectivity index (χ4n) is 3.67. The monoisotopic (exact) mass is 648 g/mol. The van der Waals surface area contributed by atoms with Gasteiger partial charge in [-0.2, -0.15) is 0 Å². The first kappa shape index (κ1) is 38.3. The Kier molecular flexibility index (Phi) is 11.9. The number of esters is 4. The molecule has 46 heavy (non-hydrogen) atoms. The van der Waals surface area contributed by atoms with Crippen molar-refractivity contribution in [3.63, 3.8) is 0 Å². The Morgan fingerprint density at radius 3 is 1.54 bits per heavy atom. The molecular formula is C33H48N2O11. The van der Waals surface area contributed by atoms with Gasteiger partial charge in [0.25, 0.3) is 5.69 Å². The molecule has 1 aliphatic rings. The van der Waals surface area contributed by atoms with Gasteiger partial charge in [0.1, 0.15) is 12.7 Å². The van der Waals surface area contributed by atoms with Gasteiger partial charge < -0.3 is 23.7 Å². The van der Waals surface area contributed by atoms with E-state index in [1.807, 2.05) is 0 Å². The van der Waals surface area contributed by atoms with Crippen LogP contribution in [0.1, 0.15) is 88.6 Å². The number of carbonyl (C=O) groups excluding carboxylic acids is 4. The SMILES string of the molecule is CC(C)(C)C(=O)OCC1OC(/N=C/c2ccc([N+](=O)[O-])cc2)C(OC(=O)C(C)(C)C)C(OC(=O)C(C)(C)C)C1OC(=O)C(C)(C)C. The lowest BCUT2D eigenvalue weighted by Gasteiger charge is -2.45. The van der Waals surface area contributed by atoms with Crippen LogP contribution in [0.4, 0.5) is 5.69 Å². The first-order valence-corrected chi connectivity index (χ1v) is 15.1. The summed E-state index contributed by atoms with van der Waals surface area (Å²) in [5.41, 5.74) is -3.55. The second-order valence-electron chi connectivity index (χ2n) is 15.4. The highest BCUT2D eigenvalue weighted by molar-refractivity contribution is 5.80. The van der Waals surface area contributed by atoms with Gasteiger partial charge in [-0.3, -0.25) is 34.3 Å². The van der Waals surface area contributed by atoms with E-state index in [1.54, 1.807) is 83.1 Å². The maximum atomic E-state index is 13.3. The van der Waals surface area contributed by atoms with Crippen molar-refractivity contribution in [2.75, 3.05) is 6.61 Å². The average molecular weight is 649 g/mol. The smallest absolute Gasteiger partial charge is 0.311 e. The molecule has 0 bridgehead atoms. The summed E-state index contributed by atoms with van der Waals surface area (Å²) in [6.07, 6.45) is -5.43. The van der Waals surface area contributed by atoms with Crippen LogP contribution in [0.3, 0.4) is 0 Å². The molecule has 1 aromatic rings. The Labute approximate surface area is 270 Å². The third kappa shape index (κ3) is 10.6. The molecule has 0 amide bonds. The largest absolute Gasteiger partial charge is 0.462 e. The van der Waals surface area contributed by atoms with E-state index in [1.165, 1.54) is 30.5 Å². The number of hydrogen-bond donors (Lipinski definition) is 0. The van der Waals surface area contributed by atoms with E-state index >= 15 is 0 Å². The van der Waals surface area contributed by atoms with Crippen molar-refractivity contribution in [1.82, 2.24) is 0 Å². The quantitative estimate of drug-likeness (QED) is 0.119. The molecule has 0 radical (unpaired) electrons. The average Bonchev–Trinajstić information content (AvgIpc) is 2.90. The highest BCUT2D eigenvalue weighted by Crippen LogP contribution is 2.34. The predicted octanol–water partition coefficient (Wildman–Crippen LogP) is 5.20. The van der Waals surface area contributed by atoms with Crippen molar-refractivity contribution in [3.05, 3.63) is 39.9 Å². The summed E-state index contributed by atoms with van der Waals surface area (Å²) in [5, 5.41) is 11.1. The van der Waals surface area contributed by atoms with Gasteiger partial charge in [-0.15, -0.1) is 0 Å². The Morgan fingerprint density at radius 1 is 0.717 bits per heavy atom. The van der Waals surface area contributed by atoms with E-state index < -0.39 is 87.7 Å². The van der Waals surface area contributed by atoms with Gasteiger partial charge in [0, 0.05) is 18.3 Å². The van der Waals surface area contributed by atoms with Crippen LogP contribution >= 0.6 is 0 Å². The van der Waals surface area contributed by atoms with Crippen LogP contribution in [0.2, 0.25) is 0 Å². The zero-order valence-electron chi connectivity index (χ0n) is 28.9. The lowest BCUT2D eigenvalue weighted by atomic mass is 9.92. The summed E-state index contributed by atoms with van der Waals surface area (Å²) in [6, 6.07) is 5.53. The molecule has 5 atom stereocenters. The number of hydrogen-bond acceptors (Lipinski definition) is 12. The molecule has 1 aromatic carbocycles. The molecule has 1 saturated heterocycles. The third-order valence-electron chi connectivity index (χ3n) is 6.64. The molecule has 1 fully saturated rings. The number of nitrogens with zero attached hydrogens (tertiary/aromatic N) is 2. The van der Waals surface area contributed by atoms with Gasteiger partial charge in [0.05, 0.1) is 26.6 Å². The van der Waals surface area contributed by atoms with Crippen LogP contribution in [0.15, 0.2) is 29.3 Å². The zero-order chi connectivity index (χ0) is 35.4. The minimum Gasteiger partial charge on any atom is -0.462 e. The molecule has 5 unspecified atom stereocenters. The van der Waals surface area contributed by atoms with Crippen molar-refractivity contribution in [2.45, 2.75) is 114 Å². The molecule has 13 heteroatoms. The highest BCUT2D eigenvalue weighted by Gasteiger charge is 2.54. The first-order chi connectivity index (χ1) is 20.8. The number of carbonyl (C=O) groups is 4. The number of aliphatic imine (C=N–C) groups is 1. The molecule has 0 aromatic heterocycles. The molecule has 2 rings (SSSR count). The first-order valence-electron chi connectivity index (χ1n) is 15.1. The standard InChI is InChI=1S/C33H48N2O11/c1-30(2,3)26(36)42-18-21-22(44-27(37)31(4,5)6)23(45-28(38)32(7,8)9)24(46-29(39)33(10,11)12)25(43-21)34-17-19-13-15-20(16-14-19)35(40)41/h13-17,21-25H,18H2,1-12H3/b34-17+. The fraction of sp³-hybridized carbons (Fsp3) is 0.667. The fourth-order valence-corrected chi connectivity index (χ4v) is 3.67. The second-order valence-corrected chi connectivity index (χ2v) is 15.4. The van der Waals surface area contributed by atoms with E-state index in [2.05, 4.69) is 4.99 Å². The van der Waals surface area contributed by atoms with E-state index in [0.29, 0.717) is 5.56 Å². The maximum Gasteiger partial charge on any atom is 0.311 e. The zero-order valence-corrected chi connectivity index (χ0v) is 28.9. The highest BCUT2D eigenvalue weighted by atomic mass is 16.7. The van der Waals surface area contributed by atoms with Crippen molar-refractivity contribution in [1.29, 1.82) is 0 Å². The van der Waals surface area contributed by atoms with Crippen molar-refractivity contribution < 1.29 is 47.8 Å². The normalized spacial score (nSPS) is 22.6. The summed E-state index contributed by atoms with van der Waals surface area (Å²) in [5.74, 6) is -2.59. The van der Waals surface area contributed by atoms with E-state index in [4.69, 9.17) is 23.7 Å². The minimum absolute atomic E-state index is 0.124. The van der Waals surface area contributed by atoms with Crippen LogP contribution < -0.4 is 0 Å². The molecule has 0 saturated carbocycles. The molecule has 1 heterocycles. The molecule has 13 nitrogen and oxygen atoms in total. The van der Waals surface area contributed by atoms with Crippen molar-refractivity contribution >= 4 is 35.8 Å². The molecular weight excluding hydrogens is 600 g/mol. The van der Waals surface area contributed by atoms with Gasteiger partial charge in [-0.05, 0) is 101 Å². The number of nitro groups is 1. The molecule has 0 spiro atoms. The van der Waals surface area contributed by atoms with Crippen LogP contribution in [-0.2, 0) is 42.9 Å². The third-order valence-corrected chi connectivity index (χ3v) is 6.64. The van der Waals surface area contributed by atoms with Gasteiger partial charge >= 0.3 is 23.9 Å². The summed E-state index contributed by atoms with van der Waals surface area (Å²) in [6.45, 7) is 19.3. The van der Waals surface area contributed by atoms with Gasteiger partial charge in [0.2, 0.25) is 0 Å².